The van der Waals surface area contributed by atoms with Crippen LogP contribution in [-0.2, 0) is 0 Å². The van der Waals surface area contributed by atoms with Gasteiger partial charge in [0.05, 0.1) is 28.6 Å². The van der Waals surface area contributed by atoms with E-state index in [0.29, 0.717) is 28.6 Å². The summed E-state index contributed by atoms with van der Waals surface area (Å²) in [7, 11) is 0. The Bertz CT molecular complexity index is 1710. The molecule has 0 atom stereocenters. The van der Waals surface area contributed by atoms with Gasteiger partial charge in [-0.1, -0.05) is 20.4 Å². The van der Waals surface area contributed by atoms with Crippen LogP contribution in [0.3, 0.4) is 0 Å². The average Bonchev–Trinajstić information content (AvgIpc) is 3.53. The van der Waals surface area contributed by atoms with Crippen molar-refractivity contribution in [2.24, 2.45) is 5.92 Å². The van der Waals surface area contributed by atoms with Crippen LogP contribution < -0.4 is 5.32 Å². The van der Waals surface area contributed by atoms with Crippen LogP contribution in [0, 0.1) is 5.92 Å². The molecule has 6 heterocycles. The van der Waals surface area contributed by atoms with Crippen molar-refractivity contribution in [3.63, 3.8) is 0 Å². The van der Waals surface area contributed by atoms with Crippen molar-refractivity contribution in [2.75, 3.05) is 5.32 Å². The molecular weight excluding hydrogens is 450 g/mol. The predicted molar refractivity (Wildman–Crippen MR) is 141 cm³/mol. The second kappa shape index (κ2) is 8.70. The molecule has 0 spiro atoms. The lowest BCUT2D eigenvalue weighted by molar-refractivity contribution is 0.778. The molecule has 0 saturated carbocycles. The van der Waals surface area contributed by atoms with E-state index < -0.39 is 0 Å². The molecule has 6 aromatic rings. The first-order chi connectivity index (χ1) is 17.6. The molecule has 176 valence electrons. The second-order valence-electron chi connectivity index (χ2n) is 8.81. The summed E-state index contributed by atoms with van der Waals surface area (Å²) in [6, 6.07) is 11.8. The summed E-state index contributed by atoms with van der Waals surface area (Å²) in [5.41, 5.74) is 9.08. The summed E-state index contributed by atoms with van der Waals surface area (Å²) >= 11 is 0. The Labute approximate surface area is 206 Å². The summed E-state index contributed by atoms with van der Waals surface area (Å²) in [6.07, 6.45) is 8.86. The third-order valence-electron chi connectivity index (χ3n) is 6.05. The van der Waals surface area contributed by atoms with Crippen LogP contribution in [0.2, 0.25) is 0 Å². The number of fused-ring (bicyclic) bond motifs is 2. The Balaban J connectivity index is 1.41. The highest BCUT2D eigenvalue weighted by atomic mass is 15.2. The number of aromatic nitrogens is 8. The maximum atomic E-state index is 4.92. The van der Waals surface area contributed by atoms with E-state index in [1.807, 2.05) is 36.4 Å². The minimum atomic E-state index is 0.314. The van der Waals surface area contributed by atoms with Gasteiger partial charge in [-0.3, -0.25) is 15.1 Å². The van der Waals surface area contributed by atoms with Crippen molar-refractivity contribution in [1.29, 1.82) is 0 Å². The molecule has 0 aromatic carbocycles. The van der Waals surface area contributed by atoms with Gasteiger partial charge < -0.3 is 10.3 Å². The Kier molecular flexibility index (Phi) is 5.22. The van der Waals surface area contributed by atoms with Crippen LogP contribution in [0.25, 0.3) is 56.1 Å². The van der Waals surface area contributed by atoms with Crippen LogP contribution in [-0.4, -0.2) is 40.1 Å². The van der Waals surface area contributed by atoms with Gasteiger partial charge in [0.25, 0.3) is 0 Å². The molecule has 9 nitrogen and oxygen atoms in total. The average molecular weight is 474 g/mol. The lowest BCUT2D eigenvalue weighted by atomic mass is 10.1. The van der Waals surface area contributed by atoms with E-state index in [1.165, 1.54) is 0 Å². The van der Waals surface area contributed by atoms with E-state index in [1.54, 1.807) is 31.0 Å². The van der Waals surface area contributed by atoms with Crippen LogP contribution in [0.1, 0.15) is 13.8 Å². The molecule has 6 aromatic heterocycles. The van der Waals surface area contributed by atoms with E-state index in [0.717, 1.165) is 44.8 Å². The van der Waals surface area contributed by atoms with Gasteiger partial charge in [0.15, 0.2) is 17.2 Å². The molecule has 36 heavy (non-hydrogen) atoms. The number of pyridine rings is 4. The summed E-state index contributed by atoms with van der Waals surface area (Å²) in [4.78, 5) is 26.0. The van der Waals surface area contributed by atoms with Crippen LogP contribution in [0.5, 0.6) is 0 Å². The fourth-order valence-electron chi connectivity index (χ4n) is 4.00. The zero-order chi connectivity index (χ0) is 24.6. The molecule has 0 amide bonds. The molecule has 0 radical (unpaired) electrons. The number of nitrogens with zero attached hydrogens (tertiary/aromatic N) is 6. The maximum absolute atomic E-state index is 4.92. The Morgan fingerprint density at radius 1 is 0.944 bits per heavy atom. The van der Waals surface area contributed by atoms with Crippen molar-refractivity contribution in [1.82, 2.24) is 40.1 Å². The number of anilines is 1. The number of allylic oxidation sites excluding steroid dienone is 1. The maximum Gasteiger partial charge on any atom is 0.178 e. The minimum absolute atomic E-state index is 0.314. The molecule has 0 saturated heterocycles. The monoisotopic (exact) mass is 473 g/mol. The highest BCUT2D eigenvalue weighted by Gasteiger charge is 2.17. The number of hydrogen-bond donors (Lipinski definition) is 3. The summed E-state index contributed by atoms with van der Waals surface area (Å²) in [6.45, 7) is 8.28. The zero-order valence-corrected chi connectivity index (χ0v) is 19.8. The van der Waals surface area contributed by atoms with Crippen LogP contribution in [0.15, 0.2) is 79.7 Å². The Morgan fingerprint density at radius 2 is 1.81 bits per heavy atom. The number of imidazole rings is 1. The SMILES string of the molecule is C=C(Nc1cncc(-c2ccc3[nH]nc(-c4nc5nccc(-c6ccncc6)c5[nH]4)c3n2)c1)C(C)C. The third-order valence-corrected chi connectivity index (χ3v) is 6.05. The molecule has 6 rings (SSSR count). The highest BCUT2D eigenvalue weighted by molar-refractivity contribution is 5.94. The van der Waals surface area contributed by atoms with Gasteiger partial charge >= 0.3 is 0 Å². The van der Waals surface area contributed by atoms with E-state index in [2.05, 4.69) is 55.9 Å². The number of hydrogen-bond acceptors (Lipinski definition) is 7. The number of aromatic amines is 2. The molecule has 0 fully saturated rings. The molecule has 0 bridgehead atoms. The molecule has 0 unspecified atom stereocenters. The van der Waals surface area contributed by atoms with Gasteiger partial charge in [-0.15, -0.1) is 0 Å². The number of nitrogens with one attached hydrogen (secondary N) is 3. The first-order valence-electron chi connectivity index (χ1n) is 11.6. The molecule has 9 heteroatoms. The topological polar surface area (TPSA) is 121 Å². The van der Waals surface area contributed by atoms with Gasteiger partial charge in [-0.2, -0.15) is 5.10 Å². The van der Waals surface area contributed by atoms with E-state index in [4.69, 9.17) is 9.97 Å². The van der Waals surface area contributed by atoms with Crippen LogP contribution in [0.4, 0.5) is 5.69 Å². The van der Waals surface area contributed by atoms with Crippen molar-refractivity contribution < 1.29 is 0 Å². The summed E-state index contributed by atoms with van der Waals surface area (Å²) in [5, 5.41) is 10.9. The Hall–Kier alpha value is -4.92. The van der Waals surface area contributed by atoms with Crippen LogP contribution >= 0.6 is 0 Å². The van der Waals surface area contributed by atoms with Crippen molar-refractivity contribution in [3.8, 4) is 33.9 Å². The zero-order valence-electron chi connectivity index (χ0n) is 19.8. The van der Waals surface area contributed by atoms with E-state index >= 15 is 0 Å². The normalized spacial score (nSPS) is 11.4. The summed E-state index contributed by atoms with van der Waals surface area (Å²) < 4.78 is 0. The quantitative estimate of drug-likeness (QED) is 0.288. The molecule has 0 aliphatic heterocycles. The van der Waals surface area contributed by atoms with E-state index in [9.17, 15) is 0 Å². The van der Waals surface area contributed by atoms with Gasteiger partial charge in [0.2, 0.25) is 0 Å². The molecule has 3 N–H and O–H groups in total. The van der Waals surface area contributed by atoms with Crippen molar-refractivity contribution in [2.45, 2.75) is 13.8 Å². The van der Waals surface area contributed by atoms with E-state index in [-0.39, 0.29) is 0 Å². The lowest BCUT2D eigenvalue weighted by Gasteiger charge is -2.13. The minimum Gasteiger partial charge on any atom is -0.358 e. The smallest absolute Gasteiger partial charge is 0.178 e. The first kappa shape index (κ1) is 21.6. The molecular formula is C27H23N9. The van der Waals surface area contributed by atoms with Crippen molar-refractivity contribution in [3.05, 3.63) is 79.7 Å². The fourth-order valence-corrected chi connectivity index (χ4v) is 4.00. The second-order valence-corrected chi connectivity index (χ2v) is 8.81. The highest BCUT2D eigenvalue weighted by Crippen LogP contribution is 2.31. The number of rotatable bonds is 6. The van der Waals surface area contributed by atoms with Gasteiger partial charge in [-0.05, 0) is 47.9 Å². The molecule has 0 aliphatic carbocycles. The number of H-pyrrole nitrogens is 2. The standard InChI is InChI=1S/C27H23N9/c1-15(2)16(3)31-19-12-18(13-29-14-19)21-4-5-22-24(32-21)25(36-35-22)27-33-23-20(8-11-30-26(23)34-27)17-6-9-28-10-7-17/h4-15,31H,3H2,1-2H3,(H,35,36)(H,30,33,34). The third kappa shape index (κ3) is 3.86. The summed E-state index contributed by atoms with van der Waals surface area (Å²) in [5.74, 6) is 0.908. The van der Waals surface area contributed by atoms with Crippen molar-refractivity contribution >= 4 is 27.9 Å². The Morgan fingerprint density at radius 3 is 2.64 bits per heavy atom. The first-order valence-corrected chi connectivity index (χ1v) is 11.6. The van der Waals surface area contributed by atoms with Gasteiger partial charge in [0, 0.05) is 41.6 Å². The predicted octanol–water partition coefficient (Wildman–Crippen LogP) is 5.60. The lowest BCUT2D eigenvalue weighted by Crippen LogP contribution is -2.04. The fraction of sp³-hybridized carbons (Fsp3) is 0.111. The van der Waals surface area contributed by atoms with Gasteiger partial charge in [0.1, 0.15) is 5.52 Å². The molecule has 0 aliphatic rings. The van der Waals surface area contributed by atoms with Gasteiger partial charge in [-0.25, -0.2) is 15.0 Å². The largest absolute Gasteiger partial charge is 0.358 e.